The standard InChI is InChI=1S/C17H27N3O/c1-13(2)21-17-11-14(5-6-16(17)18)20-10-7-15(12-20)19-8-3-4-9-19/h5-6,11,13,15H,3-4,7-10,12,18H2,1-2H3. The normalized spacial score (nSPS) is 23.2. The number of nitrogen functional groups attached to an aromatic ring is 1. The molecule has 2 heterocycles. The van der Waals surface area contributed by atoms with Gasteiger partial charge in [0.2, 0.25) is 0 Å². The molecule has 0 spiro atoms. The average molecular weight is 289 g/mol. The zero-order valence-electron chi connectivity index (χ0n) is 13.2. The molecule has 1 atom stereocenters. The molecule has 21 heavy (non-hydrogen) atoms. The lowest BCUT2D eigenvalue weighted by atomic mass is 10.2. The van der Waals surface area contributed by atoms with Crippen molar-refractivity contribution >= 4 is 11.4 Å². The van der Waals surface area contributed by atoms with Crippen LogP contribution in [0.5, 0.6) is 5.75 Å². The molecule has 0 amide bonds. The highest BCUT2D eigenvalue weighted by atomic mass is 16.5. The van der Waals surface area contributed by atoms with Crippen molar-refractivity contribution in [1.29, 1.82) is 0 Å². The molecule has 116 valence electrons. The number of hydrogen-bond donors (Lipinski definition) is 1. The van der Waals surface area contributed by atoms with Crippen LogP contribution in [0.25, 0.3) is 0 Å². The van der Waals surface area contributed by atoms with Crippen LogP contribution >= 0.6 is 0 Å². The van der Waals surface area contributed by atoms with Crippen molar-refractivity contribution in [2.24, 2.45) is 0 Å². The number of hydrogen-bond acceptors (Lipinski definition) is 4. The third kappa shape index (κ3) is 3.26. The summed E-state index contributed by atoms with van der Waals surface area (Å²) in [6.07, 6.45) is 4.15. The van der Waals surface area contributed by atoms with E-state index < -0.39 is 0 Å². The monoisotopic (exact) mass is 289 g/mol. The number of ether oxygens (including phenoxy) is 1. The predicted molar refractivity (Wildman–Crippen MR) is 88.0 cm³/mol. The lowest BCUT2D eigenvalue weighted by Gasteiger charge is -2.25. The van der Waals surface area contributed by atoms with E-state index in [0.29, 0.717) is 0 Å². The summed E-state index contributed by atoms with van der Waals surface area (Å²) in [5.74, 6) is 0.812. The molecule has 1 unspecified atom stereocenters. The molecule has 4 heteroatoms. The molecule has 1 aromatic rings. The van der Waals surface area contributed by atoms with E-state index in [1.54, 1.807) is 0 Å². The largest absolute Gasteiger partial charge is 0.489 e. The van der Waals surface area contributed by atoms with Crippen molar-refractivity contribution < 1.29 is 4.74 Å². The van der Waals surface area contributed by atoms with E-state index in [1.807, 2.05) is 19.9 Å². The third-order valence-electron chi connectivity index (χ3n) is 4.55. The first-order chi connectivity index (χ1) is 10.1. The first kappa shape index (κ1) is 14.5. The Balaban J connectivity index is 1.69. The van der Waals surface area contributed by atoms with Gasteiger partial charge in [0.15, 0.2) is 0 Å². The molecule has 2 fully saturated rings. The number of nitrogens with zero attached hydrogens (tertiary/aromatic N) is 2. The summed E-state index contributed by atoms with van der Waals surface area (Å²) in [7, 11) is 0. The molecule has 2 N–H and O–H groups in total. The van der Waals surface area contributed by atoms with Crippen LogP contribution in [0.2, 0.25) is 0 Å². The maximum absolute atomic E-state index is 6.01. The Labute approximate surface area is 127 Å². The summed E-state index contributed by atoms with van der Waals surface area (Å²) < 4.78 is 5.81. The Morgan fingerprint density at radius 1 is 1.19 bits per heavy atom. The Kier molecular flexibility index (Phi) is 4.24. The molecule has 2 aliphatic heterocycles. The van der Waals surface area contributed by atoms with Crippen molar-refractivity contribution in [3.63, 3.8) is 0 Å². The number of rotatable bonds is 4. The molecule has 0 saturated carbocycles. The molecule has 3 rings (SSSR count). The fraction of sp³-hybridized carbons (Fsp3) is 0.647. The van der Waals surface area contributed by atoms with Crippen LogP contribution in [-0.4, -0.2) is 43.2 Å². The van der Waals surface area contributed by atoms with Crippen LogP contribution in [0, 0.1) is 0 Å². The van der Waals surface area contributed by atoms with Gasteiger partial charge in [-0.1, -0.05) is 0 Å². The number of anilines is 2. The topological polar surface area (TPSA) is 41.7 Å². The number of benzene rings is 1. The van der Waals surface area contributed by atoms with Gasteiger partial charge in [-0.15, -0.1) is 0 Å². The molecule has 4 nitrogen and oxygen atoms in total. The summed E-state index contributed by atoms with van der Waals surface area (Å²) in [5.41, 5.74) is 7.97. The molecule has 1 aromatic carbocycles. The van der Waals surface area contributed by atoms with Gasteiger partial charge in [-0.3, -0.25) is 4.90 Å². The maximum Gasteiger partial charge on any atom is 0.144 e. The molecule has 2 saturated heterocycles. The second kappa shape index (κ2) is 6.14. The summed E-state index contributed by atoms with van der Waals surface area (Å²) in [6.45, 7) is 8.89. The van der Waals surface area contributed by atoms with E-state index in [-0.39, 0.29) is 6.10 Å². The van der Waals surface area contributed by atoms with Gasteiger partial charge in [-0.2, -0.15) is 0 Å². The van der Waals surface area contributed by atoms with E-state index >= 15 is 0 Å². The Morgan fingerprint density at radius 3 is 2.67 bits per heavy atom. The van der Waals surface area contributed by atoms with E-state index in [1.165, 1.54) is 38.0 Å². The highest BCUT2D eigenvalue weighted by Gasteiger charge is 2.29. The van der Waals surface area contributed by atoms with Crippen LogP contribution < -0.4 is 15.4 Å². The second-order valence-corrected chi connectivity index (χ2v) is 6.52. The molecule has 0 aromatic heterocycles. The van der Waals surface area contributed by atoms with Gasteiger partial charge in [-0.25, -0.2) is 0 Å². The van der Waals surface area contributed by atoms with Crippen LogP contribution in [0.4, 0.5) is 11.4 Å². The van der Waals surface area contributed by atoms with Crippen molar-refractivity contribution in [1.82, 2.24) is 4.90 Å². The quantitative estimate of drug-likeness (QED) is 0.865. The fourth-order valence-electron chi connectivity index (χ4n) is 3.46. The van der Waals surface area contributed by atoms with E-state index in [9.17, 15) is 0 Å². The van der Waals surface area contributed by atoms with Crippen molar-refractivity contribution in [2.45, 2.75) is 45.3 Å². The minimum Gasteiger partial charge on any atom is -0.489 e. The van der Waals surface area contributed by atoms with Gasteiger partial charge in [0, 0.05) is 30.9 Å². The van der Waals surface area contributed by atoms with Gasteiger partial charge in [0.25, 0.3) is 0 Å². The summed E-state index contributed by atoms with van der Waals surface area (Å²) in [5, 5.41) is 0. The van der Waals surface area contributed by atoms with Crippen molar-refractivity contribution in [3.8, 4) is 5.75 Å². The summed E-state index contributed by atoms with van der Waals surface area (Å²) in [4.78, 5) is 5.12. The minimum absolute atomic E-state index is 0.151. The van der Waals surface area contributed by atoms with Crippen molar-refractivity contribution in [2.75, 3.05) is 36.8 Å². The van der Waals surface area contributed by atoms with E-state index in [0.717, 1.165) is 30.6 Å². The number of likely N-dealkylation sites (tertiary alicyclic amines) is 1. The molecular formula is C17H27N3O. The van der Waals surface area contributed by atoms with E-state index in [2.05, 4.69) is 21.9 Å². The Morgan fingerprint density at radius 2 is 1.95 bits per heavy atom. The van der Waals surface area contributed by atoms with Gasteiger partial charge >= 0.3 is 0 Å². The average Bonchev–Trinajstić information content (AvgIpc) is 3.10. The lowest BCUT2D eigenvalue weighted by Crippen LogP contribution is -2.35. The van der Waals surface area contributed by atoms with Crippen LogP contribution in [0.3, 0.4) is 0 Å². The third-order valence-corrected chi connectivity index (χ3v) is 4.55. The van der Waals surface area contributed by atoms with Crippen molar-refractivity contribution in [3.05, 3.63) is 18.2 Å². The summed E-state index contributed by atoms with van der Waals surface area (Å²) in [6, 6.07) is 6.91. The molecule has 0 radical (unpaired) electrons. The van der Waals surface area contributed by atoms with Crippen LogP contribution in [0.15, 0.2) is 18.2 Å². The summed E-state index contributed by atoms with van der Waals surface area (Å²) >= 11 is 0. The number of nitrogens with two attached hydrogens (primary N) is 1. The molecule has 2 aliphatic rings. The van der Waals surface area contributed by atoms with Crippen LogP contribution in [-0.2, 0) is 0 Å². The SMILES string of the molecule is CC(C)Oc1cc(N2CCC(N3CCCC3)C2)ccc1N. The van der Waals surface area contributed by atoms with Gasteiger partial charge < -0.3 is 15.4 Å². The molecule has 0 bridgehead atoms. The Bertz CT molecular complexity index is 483. The van der Waals surface area contributed by atoms with Crippen LogP contribution in [0.1, 0.15) is 33.1 Å². The smallest absolute Gasteiger partial charge is 0.144 e. The highest BCUT2D eigenvalue weighted by Crippen LogP contribution is 2.31. The first-order valence-corrected chi connectivity index (χ1v) is 8.18. The first-order valence-electron chi connectivity index (χ1n) is 8.18. The molecular weight excluding hydrogens is 262 g/mol. The maximum atomic E-state index is 6.01. The Hall–Kier alpha value is -1.42. The minimum atomic E-state index is 0.151. The lowest BCUT2D eigenvalue weighted by molar-refractivity contribution is 0.244. The van der Waals surface area contributed by atoms with Gasteiger partial charge in [-0.05, 0) is 58.3 Å². The van der Waals surface area contributed by atoms with Gasteiger partial charge in [0.1, 0.15) is 5.75 Å². The fourth-order valence-corrected chi connectivity index (χ4v) is 3.46. The van der Waals surface area contributed by atoms with Gasteiger partial charge in [0.05, 0.1) is 11.8 Å². The second-order valence-electron chi connectivity index (χ2n) is 6.52. The predicted octanol–water partition coefficient (Wildman–Crippen LogP) is 2.73. The zero-order valence-corrected chi connectivity index (χ0v) is 13.2. The molecule has 0 aliphatic carbocycles. The highest BCUT2D eigenvalue weighted by molar-refractivity contribution is 5.62. The zero-order chi connectivity index (χ0) is 14.8. The van der Waals surface area contributed by atoms with E-state index in [4.69, 9.17) is 10.5 Å².